The van der Waals surface area contributed by atoms with Crippen molar-refractivity contribution in [2.24, 2.45) is 0 Å². The molecule has 1 heterocycles. The minimum absolute atomic E-state index is 0.0159. The molecule has 0 aromatic carbocycles. The molecule has 0 atom stereocenters. The molecular formula is C13H20ClN3. The van der Waals surface area contributed by atoms with Crippen molar-refractivity contribution in [3.63, 3.8) is 0 Å². The number of hydrogen-bond donors (Lipinski definition) is 2. The van der Waals surface area contributed by atoms with E-state index in [0.29, 0.717) is 6.04 Å². The van der Waals surface area contributed by atoms with Crippen LogP contribution in [-0.4, -0.2) is 16.6 Å². The summed E-state index contributed by atoms with van der Waals surface area (Å²) in [7, 11) is 0. The lowest BCUT2D eigenvalue weighted by Crippen LogP contribution is -2.27. The van der Waals surface area contributed by atoms with Gasteiger partial charge >= 0.3 is 0 Å². The average molecular weight is 254 g/mol. The van der Waals surface area contributed by atoms with Crippen LogP contribution in [0.3, 0.4) is 0 Å². The molecule has 4 heteroatoms. The number of anilines is 1. The normalized spacial score (nSPS) is 16.0. The van der Waals surface area contributed by atoms with Crippen molar-refractivity contribution in [3.05, 3.63) is 22.8 Å². The number of aromatic nitrogens is 1. The first-order chi connectivity index (χ1) is 7.94. The fraction of sp³-hybridized carbons (Fsp3) is 0.615. The van der Waals surface area contributed by atoms with E-state index in [0.717, 1.165) is 22.9 Å². The topological polar surface area (TPSA) is 37.0 Å². The van der Waals surface area contributed by atoms with Crippen molar-refractivity contribution < 1.29 is 0 Å². The number of halogens is 1. The zero-order valence-corrected chi connectivity index (χ0v) is 11.4. The Morgan fingerprint density at radius 2 is 2.12 bits per heavy atom. The Bertz CT molecular complexity index is 394. The highest BCUT2D eigenvalue weighted by atomic mass is 35.5. The Morgan fingerprint density at radius 3 is 2.71 bits per heavy atom. The SMILES string of the molecule is CC(C)(C)Nc1cc(CNC2CC2)c(Cl)cn1. The minimum Gasteiger partial charge on any atom is -0.365 e. The molecular weight excluding hydrogens is 234 g/mol. The second-order valence-corrected chi connectivity index (χ2v) is 6.10. The smallest absolute Gasteiger partial charge is 0.126 e. The van der Waals surface area contributed by atoms with E-state index in [1.807, 2.05) is 6.07 Å². The fourth-order valence-electron chi connectivity index (χ4n) is 1.61. The summed E-state index contributed by atoms with van der Waals surface area (Å²) in [6.07, 6.45) is 4.30. The zero-order chi connectivity index (χ0) is 12.5. The summed E-state index contributed by atoms with van der Waals surface area (Å²) in [4.78, 5) is 4.30. The molecule has 0 amide bonds. The Labute approximate surface area is 108 Å². The molecule has 2 rings (SSSR count). The lowest BCUT2D eigenvalue weighted by molar-refractivity contribution is 0.629. The summed E-state index contributed by atoms with van der Waals surface area (Å²) < 4.78 is 0. The van der Waals surface area contributed by atoms with E-state index in [-0.39, 0.29) is 5.54 Å². The molecule has 1 aliphatic rings. The summed E-state index contributed by atoms with van der Waals surface area (Å²) in [5.41, 5.74) is 1.13. The fourth-order valence-corrected chi connectivity index (χ4v) is 1.78. The Kier molecular flexibility index (Phi) is 3.59. The maximum atomic E-state index is 6.14. The Balaban J connectivity index is 2.05. The first-order valence-electron chi connectivity index (χ1n) is 6.10. The molecule has 17 heavy (non-hydrogen) atoms. The highest BCUT2D eigenvalue weighted by molar-refractivity contribution is 6.31. The van der Waals surface area contributed by atoms with Gasteiger partial charge in [-0.15, -0.1) is 0 Å². The van der Waals surface area contributed by atoms with Crippen molar-refractivity contribution in [3.8, 4) is 0 Å². The van der Waals surface area contributed by atoms with Crippen LogP contribution in [0.5, 0.6) is 0 Å². The summed E-state index contributed by atoms with van der Waals surface area (Å²) in [6.45, 7) is 7.17. The van der Waals surface area contributed by atoms with Gasteiger partial charge in [-0.05, 0) is 45.2 Å². The third-order valence-corrected chi connectivity index (χ3v) is 2.94. The van der Waals surface area contributed by atoms with Crippen LogP contribution in [0, 0.1) is 0 Å². The van der Waals surface area contributed by atoms with E-state index >= 15 is 0 Å². The Hall–Kier alpha value is -0.800. The molecule has 1 aromatic rings. The van der Waals surface area contributed by atoms with Crippen LogP contribution in [0.25, 0.3) is 0 Å². The molecule has 1 saturated carbocycles. The van der Waals surface area contributed by atoms with Crippen molar-refractivity contribution >= 4 is 17.4 Å². The summed E-state index contributed by atoms with van der Waals surface area (Å²) in [6, 6.07) is 2.72. The van der Waals surface area contributed by atoms with Crippen LogP contribution in [0.1, 0.15) is 39.2 Å². The third-order valence-electron chi connectivity index (χ3n) is 2.60. The van der Waals surface area contributed by atoms with Crippen molar-refractivity contribution in [1.29, 1.82) is 0 Å². The molecule has 0 saturated heterocycles. The van der Waals surface area contributed by atoms with Crippen molar-refractivity contribution in [1.82, 2.24) is 10.3 Å². The van der Waals surface area contributed by atoms with Gasteiger partial charge in [-0.25, -0.2) is 4.98 Å². The number of nitrogens with one attached hydrogen (secondary N) is 2. The molecule has 0 spiro atoms. The minimum atomic E-state index is 0.0159. The molecule has 0 radical (unpaired) electrons. The van der Waals surface area contributed by atoms with E-state index in [1.54, 1.807) is 6.20 Å². The van der Waals surface area contributed by atoms with Crippen molar-refractivity contribution in [2.45, 2.75) is 51.7 Å². The van der Waals surface area contributed by atoms with Crippen molar-refractivity contribution in [2.75, 3.05) is 5.32 Å². The molecule has 1 fully saturated rings. The molecule has 1 aliphatic carbocycles. The molecule has 0 aliphatic heterocycles. The lowest BCUT2D eigenvalue weighted by Gasteiger charge is -2.21. The maximum absolute atomic E-state index is 6.14. The van der Waals surface area contributed by atoms with Crippen LogP contribution in [0.4, 0.5) is 5.82 Å². The number of nitrogens with zero attached hydrogens (tertiary/aromatic N) is 1. The quantitative estimate of drug-likeness (QED) is 0.865. The molecule has 2 N–H and O–H groups in total. The number of hydrogen-bond acceptors (Lipinski definition) is 3. The van der Waals surface area contributed by atoms with Gasteiger partial charge in [0.25, 0.3) is 0 Å². The highest BCUT2D eigenvalue weighted by Crippen LogP contribution is 2.23. The van der Waals surface area contributed by atoms with Gasteiger partial charge in [0.2, 0.25) is 0 Å². The largest absolute Gasteiger partial charge is 0.365 e. The number of pyridine rings is 1. The molecule has 1 aromatic heterocycles. The van der Waals surface area contributed by atoms with E-state index < -0.39 is 0 Å². The lowest BCUT2D eigenvalue weighted by atomic mass is 10.1. The van der Waals surface area contributed by atoms with E-state index in [9.17, 15) is 0 Å². The first kappa shape index (κ1) is 12.7. The second-order valence-electron chi connectivity index (χ2n) is 5.69. The van der Waals surface area contributed by atoms with Gasteiger partial charge in [0.05, 0.1) is 5.02 Å². The maximum Gasteiger partial charge on any atom is 0.126 e. The predicted molar refractivity (Wildman–Crippen MR) is 72.5 cm³/mol. The zero-order valence-electron chi connectivity index (χ0n) is 10.7. The van der Waals surface area contributed by atoms with E-state index in [2.05, 4.69) is 36.4 Å². The molecule has 0 bridgehead atoms. The van der Waals surface area contributed by atoms with Gasteiger partial charge in [0.1, 0.15) is 5.82 Å². The van der Waals surface area contributed by atoms with Crippen LogP contribution in [0.15, 0.2) is 12.3 Å². The van der Waals surface area contributed by atoms with Crippen LogP contribution >= 0.6 is 11.6 Å². The monoisotopic (exact) mass is 253 g/mol. The standard InChI is InChI=1S/C13H20ClN3/c1-13(2,3)17-12-6-9(11(14)8-16-12)7-15-10-4-5-10/h6,8,10,15H,4-5,7H2,1-3H3,(H,16,17). The van der Waals surface area contributed by atoms with Crippen LogP contribution < -0.4 is 10.6 Å². The van der Waals surface area contributed by atoms with Gasteiger partial charge in [-0.2, -0.15) is 0 Å². The number of rotatable bonds is 4. The van der Waals surface area contributed by atoms with Gasteiger partial charge in [0, 0.05) is 24.3 Å². The first-order valence-corrected chi connectivity index (χ1v) is 6.48. The molecule has 3 nitrogen and oxygen atoms in total. The molecule has 0 unspecified atom stereocenters. The van der Waals surface area contributed by atoms with Crippen LogP contribution in [-0.2, 0) is 6.54 Å². The average Bonchev–Trinajstić information content (AvgIpc) is 3.00. The summed E-state index contributed by atoms with van der Waals surface area (Å²) in [5, 5.41) is 7.55. The van der Waals surface area contributed by atoms with Gasteiger partial charge in [-0.3, -0.25) is 0 Å². The summed E-state index contributed by atoms with van der Waals surface area (Å²) in [5.74, 6) is 0.884. The van der Waals surface area contributed by atoms with Gasteiger partial charge in [-0.1, -0.05) is 11.6 Å². The van der Waals surface area contributed by atoms with Gasteiger partial charge in [0.15, 0.2) is 0 Å². The predicted octanol–water partition coefficient (Wildman–Crippen LogP) is 3.20. The third kappa shape index (κ3) is 4.17. The second kappa shape index (κ2) is 4.83. The van der Waals surface area contributed by atoms with E-state index in [1.165, 1.54) is 12.8 Å². The Morgan fingerprint density at radius 1 is 1.41 bits per heavy atom. The summed E-state index contributed by atoms with van der Waals surface area (Å²) >= 11 is 6.14. The molecule has 94 valence electrons. The van der Waals surface area contributed by atoms with Crippen LogP contribution in [0.2, 0.25) is 5.02 Å². The van der Waals surface area contributed by atoms with Gasteiger partial charge < -0.3 is 10.6 Å². The van der Waals surface area contributed by atoms with E-state index in [4.69, 9.17) is 11.6 Å². The highest BCUT2D eigenvalue weighted by Gasteiger charge is 2.20.